The molecule has 0 aliphatic carbocycles. The minimum absolute atomic E-state index is 0.106. The molecule has 1 aromatic carbocycles. The molecule has 23 heavy (non-hydrogen) atoms. The smallest absolute Gasteiger partial charge is 0.407 e. The van der Waals surface area contributed by atoms with E-state index in [1.54, 1.807) is 6.20 Å². The van der Waals surface area contributed by atoms with Gasteiger partial charge in [0.15, 0.2) is 17.6 Å². The number of nitrogens with two attached hydrogens (primary N) is 1. The number of H-pyrrole nitrogens is 1. The quantitative estimate of drug-likeness (QED) is 0.779. The van der Waals surface area contributed by atoms with Gasteiger partial charge in [-0.3, -0.25) is 5.10 Å². The van der Waals surface area contributed by atoms with Crippen molar-refractivity contribution in [1.82, 2.24) is 15.5 Å². The van der Waals surface area contributed by atoms with Gasteiger partial charge in [-0.25, -0.2) is 4.79 Å². The lowest BCUT2D eigenvalue weighted by atomic mass is 10.0. The Bertz CT molecular complexity index is 700. The van der Waals surface area contributed by atoms with Crippen LogP contribution in [0.3, 0.4) is 0 Å². The lowest BCUT2D eigenvalue weighted by molar-refractivity contribution is 0.0576. The van der Waals surface area contributed by atoms with Crippen LogP contribution in [0.1, 0.15) is 13.3 Å². The predicted octanol–water partition coefficient (Wildman–Crippen LogP) is 1.16. The summed E-state index contributed by atoms with van der Waals surface area (Å²) in [6, 6.07) is 3.32. The number of hydrogen-bond donors (Lipinski definition) is 3. The SMILES string of the molecule is COC(=O)N[C@@H](CC(C)N)C1COc2ccc3cn[nH]c3c2O1. The second-order valence-corrected chi connectivity index (χ2v) is 5.65. The number of alkyl carbamates (subject to hydrolysis) is 1. The summed E-state index contributed by atoms with van der Waals surface area (Å²) in [6.45, 7) is 2.19. The second-order valence-electron chi connectivity index (χ2n) is 5.65. The van der Waals surface area contributed by atoms with Crippen molar-refractivity contribution in [3.05, 3.63) is 18.3 Å². The van der Waals surface area contributed by atoms with Crippen molar-refractivity contribution in [1.29, 1.82) is 0 Å². The highest BCUT2D eigenvalue weighted by atomic mass is 16.6. The Morgan fingerprint density at radius 2 is 2.43 bits per heavy atom. The predicted molar refractivity (Wildman–Crippen MR) is 83.6 cm³/mol. The number of benzene rings is 1. The van der Waals surface area contributed by atoms with Crippen LogP contribution in [0.5, 0.6) is 11.5 Å². The van der Waals surface area contributed by atoms with Gasteiger partial charge >= 0.3 is 6.09 Å². The van der Waals surface area contributed by atoms with Crippen LogP contribution in [0.2, 0.25) is 0 Å². The van der Waals surface area contributed by atoms with E-state index in [4.69, 9.17) is 15.2 Å². The van der Waals surface area contributed by atoms with Crippen LogP contribution in [-0.2, 0) is 4.74 Å². The largest absolute Gasteiger partial charge is 0.486 e. The van der Waals surface area contributed by atoms with Crippen molar-refractivity contribution in [2.24, 2.45) is 5.73 Å². The van der Waals surface area contributed by atoms with Gasteiger partial charge in [0.1, 0.15) is 12.1 Å². The van der Waals surface area contributed by atoms with E-state index in [0.717, 1.165) is 10.9 Å². The molecular weight excluding hydrogens is 300 g/mol. The first-order chi connectivity index (χ1) is 11.1. The van der Waals surface area contributed by atoms with Gasteiger partial charge in [0.2, 0.25) is 0 Å². The fraction of sp³-hybridized carbons (Fsp3) is 0.467. The molecule has 1 aliphatic rings. The Kier molecular flexibility index (Phi) is 4.24. The fourth-order valence-corrected chi connectivity index (χ4v) is 2.67. The minimum atomic E-state index is -0.523. The minimum Gasteiger partial charge on any atom is -0.486 e. The Balaban J connectivity index is 1.85. The summed E-state index contributed by atoms with van der Waals surface area (Å²) >= 11 is 0. The Labute approximate surface area is 133 Å². The molecule has 0 radical (unpaired) electrons. The molecule has 8 nitrogen and oxygen atoms in total. The van der Waals surface area contributed by atoms with Gasteiger partial charge in [0.25, 0.3) is 0 Å². The molecular formula is C15H20N4O4. The number of nitrogens with zero attached hydrogens (tertiary/aromatic N) is 1. The molecule has 3 rings (SSSR count). The van der Waals surface area contributed by atoms with Gasteiger partial charge in [0, 0.05) is 11.4 Å². The van der Waals surface area contributed by atoms with Crippen LogP contribution >= 0.6 is 0 Å². The zero-order valence-corrected chi connectivity index (χ0v) is 13.0. The van der Waals surface area contributed by atoms with E-state index in [2.05, 4.69) is 20.3 Å². The molecule has 2 heterocycles. The third kappa shape index (κ3) is 3.16. The van der Waals surface area contributed by atoms with Crippen molar-refractivity contribution < 1.29 is 19.0 Å². The van der Waals surface area contributed by atoms with Gasteiger partial charge in [-0.05, 0) is 25.5 Å². The Morgan fingerprint density at radius 1 is 1.61 bits per heavy atom. The van der Waals surface area contributed by atoms with Gasteiger partial charge in [-0.1, -0.05) is 0 Å². The molecule has 2 aromatic rings. The molecule has 1 amide bonds. The summed E-state index contributed by atoms with van der Waals surface area (Å²) in [5.41, 5.74) is 6.65. The highest BCUT2D eigenvalue weighted by Gasteiger charge is 2.32. The van der Waals surface area contributed by atoms with Gasteiger partial charge in [0.05, 0.1) is 19.3 Å². The maximum Gasteiger partial charge on any atom is 0.407 e. The van der Waals surface area contributed by atoms with Crippen molar-refractivity contribution in [3.8, 4) is 11.5 Å². The molecule has 124 valence electrons. The summed E-state index contributed by atoms with van der Waals surface area (Å²) in [5, 5.41) is 10.6. The number of nitrogens with one attached hydrogen (secondary N) is 2. The number of ether oxygens (including phenoxy) is 3. The number of fused-ring (bicyclic) bond motifs is 3. The highest BCUT2D eigenvalue weighted by Crippen LogP contribution is 2.38. The van der Waals surface area contributed by atoms with E-state index in [1.807, 2.05) is 19.1 Å². The summed E-state index contributed by atoms with van der Waals surface area (Å²) in [4.78, 5) is 11.6. The lowest BCUT2D eigenvalue weighted by Crippen LogP contribution is -2.51. The lowest BCUT2D eigenvalue weighted by Gasteiger charge is -2.33. The standard InChI is InChI=1S/C15H20N4O4/c1-8(16)5-10(18-15(20)21-2)12-7-22-11-4-3-9-6-17-19-13(9)14(11)23-12/h3-4,6,8,10,12H,5,7,16H2,1-2H3,(H,17,19)(H,18,20)/t8?,10-,12?/m0/s1. The van der Waals surface area contributed by atoms with Crippen LogP contribution in [0, 0.1) is 0 Å². The first-order valence-corrected chi connectivity index (χ1v) is 7.44. The number of carbonyl (C=O) groups excluding carboxylic acids is 1. The van der Waals surface area contributed by atoms with E-state index < -0.39 is 6.09 Å². The third-order valence-corrected chi connectivity index (χ3v) is 3.77. The van der Waals surface area contributed by atoms with Gasteiger partial charge < -0.3 is 25.3 Å². The number of rotatable bonds is 4. The van der Waals surface area contributed by atoms with E-state index >= 15 is 0 Å². The average molecular weight is 320 g/mol. The van der Waals surface area contributed by atoms with Crippen LogP contribution in [0.25, 0.3) is 10.9 Å². The zero-order valence-electron chi connectivity index (χ0n) is 13.0. The van der Waals surface area contributed by atoms with E-state index in [9.17, 15) is 4.79 Å². The maximum atomic E-state index is 11.6. The number of aromatic amines is 1. The molecule has 1 aliphatic heterocycles. The molecule has 2 unspecified atom stereocenters. The summed E-state index contributed by atoms with van der Waals surface area (Å²) in [7, 11) is 1.32. The number of amides is 1. The van der Waals surface area contributed by atoms with Gasteiger partial charge in [-0.2, -0.15) is 5.10 Å². The number of carbonyl (C=O) groups is 1. The molecule has 0 bridgehead atoms. The highest BCUT2D eigenvalue weighted by molar-refractivity contribution is 5.86. The molecule has 1 aromatic heterocycles. The van der Waals surface area contributed by atoms with Crippen LogP contribution < -0.4 is 20.5 Å². The monoisotopic (exact) mass is 320 g/mol. The van der Waals surface area contributed by atoms with Crippen molar-refractivity contribution in [3.63, 3.8) is 0 Å². The number of hydrogen-bond acceptors (Lipinski definition) is 6. The number of aromatic nitrogens is 2. The second kappa shape index (κ2) is 6.33. The van der Waals surface area contributed by atoms with Gasteiger partial charge in [-0.15, -0.1) is 0 Å². The summed E-state index contributed by atoms with van der Waals surface area (Å²) in [5.74, 6) is 1.24. The van der Waals surface area contributed by atoms with Crippen molar-refractivity contribution >= 4 is 17.0 Å². The first-order valence-electron chi connectivity index (χ1n) is 7.44. The summed E-state index contributed by atoms with van der Waals surface area (Å²) < 4.78 is 16.6. The molecule has 0 fully saturated rings. The molecule has 8 heteroatoms. The van der Waals surface area contributed by atoms with E-state index in [-0.39, 0.29) is 18.2 Å². The fourth-order valence-electron chi connectivity index (χ4n) is 2.67. The normalized spacial score (nSPS) is 19.2. The number of methoxy groups -OCH3 is 1. The molecule has 0 saturated carbocycles. The van der Waals surface area contributed by atoms with Crippen molar-refractivity contribution in [2.75, 3.05) is 13.7 Å². The van der Waals surface area contributed by atoms with Crippen LogP contribution in [0.15, 0.2) is 18.3 Å². The Morgan fingerprint density at radius 3 is 3.17 bits per heavy atom. The Hall–Kier alpha value is -2.48. The molecule has 0 saturated heterocycles. The van der Waals surface area contributed by atoms with Crippen LogP contribution in [0.4, 0.5) is 4.79 Å². The van der Waals surface area contributed by atoms with E-state index in [0.29, 0.717) is 24.5 Å². The van der Waals surface area contributed by atoms with E-state index in [1.165, 1.54) is 7.11 Å². The topological polar surface area (TPSA) is 111 Å². The maximum absolute atomic E-state index is 11.6. The van der Waals surface area contributed by atoms with Crippen LogP contribution in [-0.4, -0.2) is 48.2 Å². The first kappa shape index (κ1) is 15.4. The zero-order chi connectivity index (χ0) is 16.4. The molecule has 3 atom stereocenters. The summed E-state index contributed by atoms with van der Waals surface area (Å²) in [6.07, 6.45) is 1.36. The average Bonchev–Trinajstić information content (AvgIpc) is 3.02. The molecule has 0 spiro atoms. The molecule has 4 N–H and O–H groups in total. The van der Waals surface area contributed by atoms with Crippen molar-refractivity contribution in [2.45, 2.75) is 31.5 Å². The third-order valence-electron chi connectivity index (χ3n) is 3.77.